The van der Waals surface area contributed by atoms with Crippen molar-refractivity contribution in [3.63, 3.8) is 0 Å². The van der Waals surface area contributed by atoms with Crippen molar-refractivity contribution in [2.24, 2.45) is 0 Å². The molecule has 0 saturated carbocycles. The van der Waals surface area contributed by atoms with E-state index in [4.69, 9.17) is 14.3 Å². The Balaban J connectivity index is 0.00000107. The van der Waals surface area contributed by atoms with Crippen molar-refractivity contribution in [3.8, 4) is 5.75 Å². The second kappa shape index (κ2) is 17.1. The Morgan fingerprint density at radius 3 is 2.02 bits per heavy atom. The average Bonchev–Trinajstić information content (AvgIpc) is 2.97. The fourth-order valence-electron chi connectivity index (χ4n) is 5.28. The van der Waals surface area contributed by atoms with Crippen LogP contribution in [-0.2, 0) is 37.4 Å². The van der Waals surface area contributed by atoms with Crippen LogP contribution in [0.5, 0.6) is 5.75 Å². The maximum absolute atomic E-state index is 13.1. The molecule has 1 aliphatic heterocycles. The van der Waals surface area contributed by atoms with Gasteiger partial charge in [0.15, 0.2) is 0 Å². The molecule has 0 radical (unpaired) electrons. The van der Waals surface area contributed by atoms with E-state index < -0.39 is 22.5 Å². The van der Waals surface area contributed by atoms with Gasteiger partial charge in [0.1, 0.15) is 12.4 Å². The van der Waals surface area contributed by atoms with E-state index in [-0.39, 0.29) is 30.6 Å². The summed E-state index contributed by atoms with van der Waals surface area (Å²) in [6, 6.07) is 13.1. The normalized spacial score (nSPS) is 17.4. The molecule has 1 saturated heterocycles. The Hall–Kier alpha value is -3.00. The molecule has 0 aromatic heterocycles. The third kappa shape index (κ3) is 11.7. The number of aryl methyl sites for hydroxylation is 2. The van der Waals surface area contributed by atoms with Gasteiger partial charge in [-0.2, -0.15) is 17.5 Å². The molecule has 0 aliphatic carbocycles. The lowest BCUT2D eigenvalue weighted by Gasteiger charge is -2.39. The molecule has 0 spiro atoms. The molecule has 0 unspecified atom stereocenters. The molecule has 13 heteroatoms. The van der Waals surface area contributed by atoms with E-state index in [1.807, 2.05) is 0 Å². The average molecular weight is 658 g/mol. The monoisotopic (exact) mass is 657 g/mol. The van der Waals surface area contributed by atoms with E-state index in [0.717, 1.165) is 12.1 Å². The summed E-state index contributed by atoms with van der Waals surface area (Å²) < 4.78 is 69.6. The molecule has 2 atom stereocenters. The van der Waals surface area contributed by atoms with Crippen molar-refractivity contribution in [2.45, 2.75) is 83.2 Å². The highest BCUT2D eigenvalue weighted by Crippen LogP contribution is 2.28. The van der Waals surface area contributed by atoms with Crippen molar-refractivity contribution in [1.29, 1.82) is 0 Å². The summed E-state index contributed by atoms with van der Waals surface area (Å²) in [5.74, 6) is 0.470. The predicted octanol–water partition coefficient (Wildman–Crippen LogP) is 5.12. The van der Waals surface area contributed by atoms with E-state index in [2.05, 4.69) is 43.0 Å². The number of sulfonamides is 1. The van der Waals surface area contributed by atoms with Crippen LogP contribution in [-0.4, -0.2) is 93.9 Å². The molecule has 0 bridgehead atoms. The number of alkyl halides is 3. The van der Waals surface area contributed by atoms with Crippen LogP contribution in [0.4, 0.5) is 13.2 Å². The number of rotatable bonds is 12. The Morgan fingerprint density at radius 1 is 1.02 bits per heavy atom. The Kier molecular flexibility index (Phi) is 14.5. The van der Waals surface area contributed by atoms with Gasteiger partial charge in [-0.15, -0.1) is 0 Å². The number of nitrogens with zero attached hydrogens (tertiary/aromatic N) is 3. The van der Waals surface area contributed by atoms with Crippen LogP contribution in [0.25, 0.3) is 0 Å². The SMILES string of the molecule is COc1cc(C)c(S(=O)(=O)N(C)CCOCC(=O)N(C)Cc2ccc(CN3[C@H](C)CCC[C@@H]3C)cc2)c(C)c1.O=CC(F)(F)F. The highest BCUT2D eigenvalue weighted by atomic mass is 32.2. The quantitative estimate of drug-likeness (QED) is 0.231. The first-order chi connectivity index (χ1) is 21.0. The number of amides is 1. The van der Waals surface area contributed by atoms with Gasteiger partial charge >= 0.3 is 6.18 Å². The molecule has 3 rings (SSSR count). The third-order valence-electron chi connectivity index (χ3n) is 7.86. The fourth-order valence-corrected chi connectivity index (χ4v) is 6.84. The van der Waals surface area contributed by atoms with Crippen LogP contribution in [0.1, 0.15) is 55.4 Å². The molecule has 9 nitrogen and oxygen atoms in total. The molecular weight excluding hydrogens is 611 g/mol. The number of halogens is 3. The van der Waals surface area contributed by atoms with E-state index in [1.54, 1.807) is 45.0 Å². The summed E-state index contributed by atoms with van der Waals surface area (Å²) >= 11 is 0. The first-order valence-corrected chi connectivity index (χ1v) is 16.2. The van der Waals surface area contributed by atoms with E-state index in [0.29, 0.717) is 35.5 Å². The molecule has 0 N–H and O–H groups in total. The standard InChI is InChI=1S/C30H45N3O5S.C2HF3O/c1-22-17-28(37-7)18-23(2)30(22)39(35,36)32(6)15-16-38-21-29(34)31(5)19-26-11-13-27(14-12-26)20-33-24(3)9-8-10-25(33)4;3-2(4,5)1-6/h11-14,17-18,24-25H,8-10,15-16,19-21H2,1-7H3;1H/t24-,25+;. The summed E-state index contributed by atoms with van der Waals surface area (Å²) in [5, 5.41) is 0. The molecule has 45 heavy (non-hydrogen) atoms. The second-order valence-corrected chi connectivity index (χ2v) is 13.5. The number of ether oxygens (including phenoxy) is 2. The Bertz CT molecular complexity index is 1340. The predicted molar refractivity (Wildman–Crippen MR) is 166 cm³/mol. The summed E-state index contributed by atoms with van der Waals surface area (Å²) in [7, 11) is 1.12. The lowest BCUT2D eigenvalue weighted by molar-refractivity contribution is -0.156. The van der Waals surface area contributed by atoms with Gasteiger partial charge < -0.3 is 14.4 Å². The number of benzene rings is 2. The van der Waals surface area contributed by atoms with Gasteiger partial charge in [0.2, 0.25) is 22.2 Å². The van der Waals surface area contributed by atoms with Gasteiger partial charge in [-0.25, -0.2) is 8.42 Å². The summed E-state index contributed by atoms with van der Waals surface area (Å²) in [5.41, 5.74) is 3.60. The number of hydrogen-bond acceptors (Lipinski definition) is 7. The highest BCUT2D eigenvalue weighted by molar-refractivity contribution is 7.89. The maximum Gasteiger partial charge on any atom is 0.446 e. The number of likely N-dealkylation sites (tertiary alicyclic amines) is 1. The molecule has 1 aliphatic rings. The number of piperidine rings is 1. The molecule has 2 aromatic rings. The minimum absolute atomic E-state index is 0.103. The third-order valence-corrected chi connectivity index (χ3v) is 10.0. The number of hydrogen-bond donors (Lipinski definition) is 0. The zero-order valence-electron chi connectivity index (χ0n) is 27.2. The van der Waals surface area contributed by atoms with Crippen molar-refractivity contribution >= 4 is 22.2 Å². The molecule has 252 valence electrons. The minimum Gasteiger partial charge on any atom is -0.497 e. The number of carbonyl (C=O) groups is 2. The van der Waals surface area contributed by atoms with Crippen LogP contribution < -0.4 is 4.74 Å². The lowest BCUT2D eigenvalue weighted by Crippen LogP contribution is -2.42. The van der Waals surface area contributed by atoms with E-state index in [9.17, 15) is 26.4 Å². The van der Waals surface area contributed by atoms with Gasteiger partial charge in [-0.1, -0.05) is 30.7 Å². The first-order valence-electron chi connectivity index (χ1n) is 14.8. The number of methoxy groups -OCH3 is 1. The maximum atomic E-state index is 13.1. The molecule has 2 aromatic carbocycles. The largest absolute Gasteiger partial charge is 0.497 e. The first kappa shape index (κ1) is 38.2. The van der Waals surface area contributed by atoms with Crippen LogP contribution in [0, 0.1) is 13.8 Å². The zero-order valence-corrected chi connectivity index (χ0v) is 28.0. The van der Waals surface area contributed by atoms with Gasteiger partial charge in [0.25, 0.3) is 0 Å². The fraction of sp³-hybridized carbons (Fsp3) is 0.562. The summed E-state index contributed by atoms with van der Waals surface area (Å²) in [6.45, 7) is 9.73. The van der Waals surface area contributed by atoms with Crippen molar-refractivity contribution in [2.75, 3.05) is 41.0 Å². The second-order valence-electron chi connectivity index (χ2n) is 11.5. The van der Waals surface area contributed by atoms with Crippen LogP contribution >= 0.6 is 0 Å². The Morgan fingerprint density at radius 2 is 1.53 bits per heavy atom. The summed E-state index contributed by atoms with van der Waals surface area (Å²) in [6.07, 6.45) is -1.88. The minimum atomic E-state index is -4.64. The van der Waals surface area contributed by atoms with Gasteiger partial charge in [-0.05, 0) is 74.9 Å². The van der Waals surface area contributed by atoms with Gasteiger partial charge in [-0.3, -0.25) is 14.5 Å². The number of likely N-dealkylation sites (N-methyl/N-ethyl adjacent to an activating group) is 2. The molecule has 1 amide bonds. The van der Waals surface area contributed by atoms with Crippen LogP contribution in [0.15, 0.2) is 41.3 Å². The van der Waals surface area contributed by atoms with Crippen molar-refractivity contribution in [1.82, 2.24) is 14.1 Å². The number of carbonyl (C=O) groups excluding carboxylic acids is 2. The smallest absolute Gasteiger partial charge is 0.446 e. The van der Waals surface area contributed by atoms with Crippen molar-refractivity contribution in [3.05, 3.63) is 58.7 Å². The van der Waals surface area contributed by atoms with Crippen LogP contribution in [0.2, 0.25) is 0 Å². The summed E-state index contributed by atoms with van der Waals surface area (Å²) in [4.78, 5) is 25.8. The molecule has 1 fully saturated rings. The molecule has 1 heterocycles. The van der Waals surface area contributed by atoms with Crippen molar-refractivity contribution < 1.29 is 40.7 Å². The van der Waals surface area contributed by atoms with E-state index in [1.165, 1.54) is 36.2 Å². The Labute approximate surface area is 265 Å². The van der Waals surface area contributed by atoms with Gasteiger partial charge in [0, 0.05) is 45.8 Å². The molecular formula is C32H46F3N3O6S. The van der Waals surface area contributed by atoms with Gasteiger partial charge in [0.05, 0.1) is 18.6 Å². The van der Waals surface area contributed by atoms with E-state index >= 15 is 0 Å². The zero-order chi connectivity index (χ0) is 33.9. The topological polar surface area (TPSA) is 96.5 Å². The van der Waals surface area contributed by atoms with Crippen LogP contribution in [0.3, 0.4) is 0 Å². The number of aldehydes is 1. The highest BCUT2D eigenvalue weighted by Gasteiger charge is 2.27. The lowest BCUT2D eigenvalue weighted by atomic mass is 9.96.